The van der Waals surface area contributed by atoms with Crippen molar-refractivity contribution in [3.8, 4) is 11.8 Å². The van der Waals surface area contributed by atoms with E-state index in [0.717, 1.165) is 18.4 Å². The predicted octanol–water partition coefficient (Wildman–Crippen LogP) is 2.35. The van der Waals surface area contributed by atoms with Gasteiger partial charge in [0.1, 0.15) is 6.61 Å². The molecule has 2 rings (SSSR count). The molecule has 3 nitrogen and oxygen atoms in total. The topological polar surface area (TPSA) is 40.5 Å². The first-order valence-electron chi connectivity index (χ1n) is 7.11. The number of aliphatic hydroxyl groups is 1. The number of benzene rings is 1. The molecular weight excluding hydrogens is 250 g/mol. The molecule has 0 atom stereocenters. The molecule has 0 spiro atoms. The van der Waals surface area contributed by atoms with E-state index in [1.54, 1.807) is 0 Å². The maximum atomic E-state index is 12.7. The summed E-state index contributed by atoms with van der Waals surface area (Å²) in [5.41, 5.74) is 2.38. The minimum atomic E-state index is -0.194. The summed E-state index contributed by atoms with van der Waals surface area (Å²) in [6.45, 7) is 1.77. The first-order chi connectivity index (χ1) is 9.63. The Morgan fingerprint density at radius 3 is 2.75 bits per heavy atom. The summed E-state index contributed by atoms with van der Waals surface area (Å²) in [4.78, 5) is 14.5. The Morgan fingerprint density at radius 1 is 1.40 bits per heavy atom. The van der Waals surface area contributed by atoms with Crippen LogP contribution < -0.4 is 0 Å². The maximum absolute atomic E-state index is 12.7. The molecule has 1 aromatic rings. The van der Waals surface area contributed by atoms with Crippen molar-refractivity contribution in [2.24, 2.45) is 0 Å². The number of aliphatic hydroxyl groups excluding tert-OH is 1. The van der Waals surface area contributed by atoms with E-state index < -0.39 is 0 Å². The third-order valence-electron chi connectivity index (χ3n) is 3.90. The Morgan fingerprint density at radius 2 is 2.10 bits per heavy atom. The van der Waals surface area contributed by atoms with Crippen molar-refractivity contribution < 1.29 is 9.90 Å². The van der Waals surface area contributed by atoms with Crippen LogP contribution in [0.1, 0.15) is 47.2 Å². The van der Waals surface area contributed by atoms with Crippen LogP contribution in [0.15, 0.2) is 18.2 Å². The van der Waals surface area contributed by atoms with Crippen LogP contribution in [0, 0.1) is 18.8 Å². The lowest BCUT2D eigenvalue weighted by molar-refractivity contribution is 0.0735. The molecule has 20 heavy (non-hydrogen) atoms. The summed E-state index contributed by atoms with van der Waals surface area (Å²) in [5.74, 6) is 5.52. The average molecular weight is 271 g/mol. The van der Waals surface area contributed by atoms with E-state index >= 15 is 0 Å². The van der Waals surface area contributed by atoms with Crippen molar-refractivity contribution in [3.05, 3.63) is 34.9 Å². The molecule has 0 aromatic heterocycles. The zero-order valence-electron chi connectivity index (χ0n) is 12.1. The lowest BCUT2D eigenvalue weighted by atomic mass is 10.0. The van der Waals surface area contributed by atoms with Gasteiger partial charge in [0, 0.05) is 18.7 Å². The number of carbonyl (C=O) groups is 1. The Balaban J connectivity index is 2.29. The highest BCUT2D eigenvalue weighted by atomic mass is 16.2. The van der Waals surface area contributed by atoms with Gasteiger partial charge in [-0.2, -0.15) is 0 Å². The number of aryl methyl sites for hydroxylation is 1. The highest BCUT2D eigenvalue weighted by Crippen LogP contribution is 2.24. The van der Waals surface area contributed by atoms with E-state index in [-0.39, 0.29) is 12.5 Å². The summed E-state index contributed by atoms with van der Waals surface area (Å²) in [6, 6.07) is 6.03. The fraction of sp³-hybridized carbons (Fsp3) is 0.471. The van der Waals surface area contributed by atoms with E-state index in [1.807, 2.05) is 37.1 Å². The lowest BCUT2D eigenvalue weighted by Gasteiger charge is -2.25. The second-order valence-corrected chi connectivity index (χ2v) is 5.36. The van der Waals surface area contributed by atoms with Gasteiger partial charge in [0.05, 0.1) is 5.56 Å². The van der Waals surface area contributed by atoms with Crippen molar-refractivity contribution >= 4 is 5.91 Å². The van der Waals surface area contributed by atoms with Gasteiger partial charge in [-0.05, 0) is 31.9 Å². The van der Waals surface area contributed by atoms with Gasteiger partial charge in [0.25, 0.3) is 5.91 Å². The standard InChI is InChI=1S/C17H21NO2/c1-13-9-10-14(6-5-11-19)16(12-13)17(20)18(2)15-7-3-4-8-15/h9-10,12,15,19H,3-4,7-8,11H2,1-2H3. The quantitative estimate of drug-likeness (QED) is 0.839. The summed E-state index contributed by atoms with van der Waals surface area (Å²) >= 11 is 0. The van der Waals surface area contributed by atoms with Crippen molar-refractivity contribution in [2.45, 2.75) is 38.6 Å². The molecule has 0 heterocycles. The minimum Gasteiger partial charge on any atom is -0.384 e. The van der Waals surface area contributed by atoms with Gasteiger partial charge < -0.3 is 10.0 Å². The van der Waals surface area contributed by atoms with Crippen LogP contribution in [0.2, 0.25) is 0 Å². The highest BCUT2D eigenvalue weighted by Gasteiger charge is 2.25. The van der Waals surface area contributed by atoms with Gasteiger partial charge in [-0.1, -0.05) is 36.3 Å². The molecule has 3 heteroatoms. The molecule has 0 unspecified atom stereocenters. The smallest absolute Gasteiger partial charge is 0.255 e. The number of carbonyl (C=O) groups excluding carboxylic acids is 1. The van der Waals surface area contributed by atoms with E-state index in [0.29, 0.717) is 17.2 Å². The number of hydrogen-bond donors (Lipinski definition) is 1. The molecule has 0 bridgehead atoms. The number of amides is 1. The summed E-state index contributed by atoms with van der Waals surface area (Å²) < 4.78 is 0. The van der Waals surface area contributed by atoms with Crippen molar-refractivity contribution in [1.29, 1.82) is 0 Å². The predicted molar refractivity (Wildman–Crippen MR) is 79.5 cm³/mol. The molecule has 106 valence electrons. The zero-order valence-corrected chi connectivity index (χ0v) is 12.1. The molecule has 0 saturated heterocycles. The van der Waals surface area contributed by atoms with Crippen molar-refractivity contribution in [1.82, 2.24) is 4.90 Å². The van der Waals surface area contributed by atoms with Crippen molar-refractivity contribution in [3.63, 3.8) is 0 Å². The minimum absolute atomic E-state index is 0.0304. The monoisotopic (exact) mass is 271 g/mol. The van der Waals surface area contributed by atoms with Gasteiger partial charge in [0.2, 0.25) is 0 Å². The van der Waals surface area contributed by atoms with E-state index in [2.05, 4.69) is 11.8 Å². The van der Waals surface area contributed by atoms with Crippen LogP contribution in [0.4, 0.5) is 0 Å². The number of hydrogen-bond acceptors (Lipinski definition) is 2. The Kier molecular flexibility index (Phi) is 4.81. The second-order valence-electron chi connectivity index (χ2n) is 5.36. The van der Waals surface area contributed by atoms with Gasteiger partial charge in [-0.3, -0.25) is 4.79 Å². The molecule has 1 N–H and O–H groups in total. The lowest BCUT2D eigenvalue weighted by Crippen LogP contribution is -2.35. The fourth-order valence-electron chi connectivity index (χ4n) is 2.73. The van der Waals surface area contributed by atoms with Crippen LogP contribution in [0.3, 0.4) is 0 Å². The van der Waals surface area contributed by atoms with Crippen LogP contribution in [0.5, 0.6) is 0 Å². The number of nitrogens with zero attached hydrogens (tertiary/aromatic N) is 1. The zero-order chi connectivity index (χ0) is 14.5. The van der Waals surface area contributed by atoms with Crippen LogP contribution in [-0.4, -0.2) is 35.6 Å². The first-order valence-corrected chi connectivity index (χ1v) is 7.11. The third-order valence-corrected chi connectivity index (χ3v) is 3.90. The summed E-state index contributed by atoms with van der Waals surface area (Å²) in [7, 11) is 1.88. The van der Waals surface area contributed by atoms with E-state index in [9.17, 15) is 4.79 Å². The Labute approximate surface area is 120 Å². The average Bonchev–Trinajstić information content (AvgIpc) is 2.98. The molecule has 0 aliphatic heterocycles. The third kappa shape index (κ3) is 3.20. The normalized spacial score (nSPS) is 14.8. The molecule has 1 aromatic carbocycles. The Bertz CT molecular complexity index is 548. The summed E-state index contributed by atoms with van der Waals surface area (Å²) in [5, 5.41) is 8.82. The molecule has 1 fully saturated rings. The summed E-state index contributed by atoms with van der Waals surface area (Å²) in [6.07, 6.45) is 4.58. The van der Waals surface area contributed by atoms with E-state index in [4.69, 9.17) is 5.11 Å². The van der Waals surface area contributed by atoms with Gasteiger partial charge in [-0.15, -0.1) is 0 Å². The van der Waals surface area contributed by atoms with Crippen LogP contribution in [-0.2, 0) is 0 Å². The maximum Gasteiger partial charge on any atom is 0.255 e. The van der Waals surface area contributed by atoms with Gasteiger partial charge in [-0.25, -0.2) is 0 Å². The van der Waals surface area contributed by atoms with Crippen LogP contribution >= 0.6 is 0 Å². The van der Waals surface area contributed by atoms with Crippen molar-refractivity contribution in [2.75, 3.05) is 13.7 Å². The molecule has 1 aliphatic carbocycles. The first kappa shape index (κ1) is 14.6. The van der Waals surface area contributed by atoms with E-state index in [1.165, 1.54) is 12.8 Å². The highest BCUT2D eigenvalue weighted by molar-refractivity contribution is 5.97. The molecule has 1 amide bonds. The Hall–Kier alpha value is -1.79. The molecule has 1 saturated carbocycles. The van der Waals surface area contributed by atoms with Gasteiger partial charge >= 0.3 is 0 Å². The largest absolute Gasteiger partial charge is 0.384 e. The second kappa shape index (κ2) is 6.58. The SMILES string of the molecule is Cc1ccc(C#CCO)c(C(=O)N(C)C2CCCC2)c1. The molecule has 1 aliphatic rings. The van der Waals surface area contributed by atoms with Gasteiger partial charge in [0.15, 0.2) is 0 Å². The molecular formula is C17H21NO2. The van der Waals surface area contributed by atoms with Crippen LogP contribution in [0.25, 0.3) is 0 Å². The molecule has 0 radical (unpaired) electrons. The number of rotatable bonds is 2. The fourth-order valence-corrected chi connectivity index (χ4v) is 2.73.